The van der Waals surface area contributed by atoms with E-state index in [0.717, 1.165) is 58.3 Å². The minimum atomic E-state index is -0.323. The zero-order valence-corrected chi connectivity index (χ0v) is 18.3. The molecule has 5 rings (SSSR count). The number of hydrogen-bond donors (Lipinski definition) is 1. The number of allylic oxidation sites excluding steroid dienone is 1. The van der Waals surface area contributed by atoms with E-state index in [1.54, 1.807) is 12.7 Å². The predicted octanol–water partition coefficient (Wildman–Crippen LogP) is 1.60. The molecular formula is C23H34N6O2. The van der Waals surface area contributed by atoms with Gasteiger partial charge < -0.3 is 19.7 Å². The Morgan fingerprint density at radius 1 is 1.06 bits per heavy atom. The van der Waals surface area contributed by atoms with Gasteiger partial charge in [0.05, 0.1) is 0 Å². The Labute approximate surface area is 184 Å². The summed E-state index contributed by atoms with van der Waals surface area (Å²) in [5.74, 6) is 0.907. The Balaban J connectivity index is 1.30. The van der Waals surface area contributed by atoms with Gasteiger partial charge in [0.1, 0.15) is 18.7 Å². The van der Waals surface area contributed by atoms with E-state index in [-0.39, 0.29) is 29.8 Å². The van der Waals surface area contributed by atoms with Crippen LogP contribution in [0, 0.1) is 11.8 Å². The summed E-state index contributed by atoms with van der Waals surface area (Å²) < 4.78 is 2.00. The van der Waals surface area contributed by atoms with E-state index in [9.17, 15) is 9.59 Å². The second-order valence-corrected chi connectivity index (χ2v) is 9.75. The monoisotopic (exact) mass is 426 g/mol. The molecule has 3 fully saturated rings. The number of likely N-dealkylation sites (tertiary alicyclic amines) is 1. The maximum atomic E-state index is 13.4. The summed E-state index contributed by atoms with van der Waals surface area (Å²) in [4.78, 5) is 30.9. The first-order valence-electron chi connectivity index (χ1n) is 12.0. The van der Waals surface area contributed by atoms with E-state index in [4.69, 9.17) is 0 Å². The molecule has 168 valence electrons. The first kappa shape index (κ1) is 20.7. The molecule has 0 radical (unpaired) electrons. The second-order valence-electron chi connectivity index (χ2n) is 9.75. The molecule has 1 N–H and O–H groups in total. The van der Waals surface area contributed by atoms with Crippen molar-refractivity contribution in [3.05, 3.63) is 24.3 Å². The van der Waals surface area contributed by atoms with Crippen LogP contribution in [-0.4, -0.2) is 74.6 Å². The normalized spacial score (nSPS) is 31.2. The Hall–Kier alpha value is -2.22. The number of carbonyl (C=O) groups is 2. The number of hydrogen-bond acceptors (Lipinski definition) is 5. The highest BCUT2D eigenvalue weighted by Crippen LogP contribution is 2.41. The molecule has 3 aliphatic heterocycles. The Bertz CT molecular complexity index is 822. The molecule has 2 amide bonds. The van der Waals surface area contributed by atoms with Gasteiger partial charge in [-0.1, -0.05) is 11.6 Å². The highest BCUT2D eigenvalue weighted by Gasteiger charge is 2.51. The number of piperidine rings is 3. The molecule has 1 aromatic rings. The first-order valence-corrected chi connectivity index (χ1v) is 12.0. The average molecular weight is 427 g/mol. The smallest absolute Gasteiger partial charge is 0.243 e. The number of carbonyl (C=O) groups excluding carboxylic acids is 2. The number of amides is 2. The van der Waals surface area contributed by atoms with Crippen LogP contribution in [0.2, 0.25) is 0 Å². The van der Waals surface area contributed by atoms with Crippen molar-refractivity contribution in [2.45, 2.75) is 70.0 Å². The third-order valence-corrected chi connectivity index (χ3v) is 7.70. The standard InChI is InChI=1S/C23H34N6O2/c30-21-8-4-7-20-18-11-19(14-27(13-18)9-10-28-15-25-26-16-28)22(29(20)21)23(31)24-12-17-5-2-1-3-6-17/h5,15-16,18-20,22H,1-4,6-14H2,(H,24,31)/t18-,19+,20+,22-/m1/s1. The quantitative estimate of drug-likeness (QED) is 0.699. The minimum absolute atomic E-state index is 0.0517. The van der Waals surface area contributed by atoms with Crippen molar-refractivity contribution in [1.29, 1.82) is 0 Å². The van der Waals surface area contributed by atoms with Gasteiger partial charge in [-0.05, 0) is 50.9 Å². The van der Waals surface area contributed by atoms with Crippen LogP contribution in [0.1, 0.15) is 51.4 Å². The topological polar surface area (TPSA) is 83.4 Å². The zero-order valence-electron chi connectivity index (χ0n) is 18.3. The molecule has 8 nitrogen and oxygen atoms in total. The summed E-state index contributed by atoms with van der Waals surface area (Å²) in [6.07, 6.45) is 14.1. The molecule has 31 heavy (non-hydrogen) atoms. The summed E-state index contributed by atoms with van der Waals surface area (Å²) in [5, 5.41) is 11.0. The van der Waals surface area contributed by atoms with Crippen molar-refractivity contribution in [2.24, 2.45) is 11.8 Å². The molecule has 2 bridgehead atoms. The van der Waals surface area contributed by atoms with Gasteiger partial charge in [-0.2, -0.15) is 0 Å². The van der Waals surface area contributed by atoms with Crippen molar-refractivity contribution >= 4 is 11.8 Å². The minimum Gasteiger partial charge on any atom is -0.351 e. The van der Waals surface area contributed by atoms with Crippen LogP contribution in [0.5, 0.6) is 0 Å². The molecule has 4 atom stereocenters. The van der Waals surface area contributed by atoms with E-state index in [1.807, 2.05) is 9.47 Å². The second kappa shape index (κ2) is 9.10. The molecule has 0 spiro atoms. The van der Waals surface area contributed by atoms with Crippen LogP contribution in [-0.2, 0) is 16.1 Å². The lowest BCUT2D eigenvalue weighted by molar-refractivity contribution is -0.160. The zero-order chi connectivity index (χ0) is 21.2. The highest BCUT2D eigenvalue weighted by atomic mass is 16.2. The van der Waals surface area contributed by atoms with Crippen molar-refractivity contribution in [2.75, 3.05) is 26.2 Å². The fraction of sp³-hybridized carbons (Fsp3) is 0.739. The van der Waals surface area contributed by atoms with Crippen molar-refractivity contribution < 1.29 is 9.59 Å². The van der Waals surface area contributed by atoms with Gasteiger partial charge in [-0.15, -0.1) is 10.2 Å². The summed E-state index contributed by atoms with van der Waals surface area (Å²) in [6.45, 7) is 4.29. The van der Waals surface area contributed by atoms with Crippen LogP contribution in [0.3, 0.4) is 0 Å². The Kier molecular flexibility index (Phi) is 6.07. The highest BCUT2D eigenvalue weighted by molar-refractivity contribution is 5.89. The first-order chi connectivity index (χ1) is 15.2. The van der Waals surface area contributed by atoms with Gasteiger partial charge >= 0.3 is 0 Å². The average Bonchev–Trinajstić information content (AvgIpc) is 3.31. The summed E-state index contributed by atoms with van der Waals surface area (Å²) in [6, 6.07) is -0.115. The van der Waals surface area contributed by atoms with Crippen LogP contribution < -0.4 is 5.32 Å². The molecule has 3 saturated heterocycles. The van der Waals surface area contributed by atoms with Gasteiger partial charge in [0.25, 0.3) is 0 Å². The number of nitrogens with zero attached hydrogens (tertiary/aromatic N) is 5. The van der Waals surface area contributed by atoms with E-state index in [1.165, 1.54) is 18.4 Å². The van der Waals surface area contributed by atoms with Gasteiger partial charge in [0.15, 0.2) is 0 Å². The summed E-state index contributed by atoms with van der Waals surface area (Å²) in [7, 11) is 0. The molecule has 1 aromatic heterocycles. The molecule has 8 heteroatoms. The molecule has 0 unspecified atom stereocenters. The van der Waals surface area contributed by atoms with Gasteiger partial charge in [0.2, 0.25) is 11.8 Å². The van der Waals surface area contributed by atoms with Gasteiger partial charge in [-0.3, -0.25) is 9.59 Å². The lowest BCUT2D eigenvalue weighted by Crippen LogP contribution is -2.68. The number of nitrogens with one attached hydrogen (secondary N) is 1. The Morgan fingerprint density at radius 3 is 2.71 bits per heavy atom. The van der Waals surface area contributed by atoms with Crippen LogP contribution in [0.25, 0.3) is 0 Å². The number of aromatic nitrogens is 3. The molecular weight excluding hydrogens is 392 g/mol. The third-order valence-electron chi connectivity index (χ3n) is 7.70. The number of rotatable bonds is 6. The molecule has 4 heterocycles. The molecule has 0 saturated carbocycles. The molecule has 4 aliphatic rings. The van der Waals surface area contributed by atoms with Crippen molar-refractivity contribution in [3.8, 4) is 0 Å². The van der Waals surface area contributed by atoms with Crippen LogP contribution >= 0.6 is 0 Å². The maximum absolute atomic E-state index is 13.4. The predicted molar refractivity (Wildman–Crippen MR) is 116 cm³/mol. The lowest BCUT2D eigenvalue weighted by atomic mass is 9.71. The van der Waals surface area contributed by atoms with E-state index in [0.29, 0.717) is 18.9 Å². The Morgan fingerprint density at radius 2 is 1.90 bits per heavy atom. The number of fused-ring (bicyclic) bond motifs is 4. The van der Waals surface area contributed by atoms with E-state index in [2.05, 4.69) is 26.5 Å². The summed E-state index contributed by atoms with van der Waals surface area (Å²) in [5.41, 5.74) is 1.34. The van der Waals surface area contributed by atoms with Gasteiger partial charge in [0, 0.05) is 51.1 Å². The van der Waals surface area contributed by atoms with Crippen molar-refractivity contribution in [3.63, 3.8) is 0 Å². The lowest BCUT2D eigenvalue weighted by Gasteiger charge is -2.56. The maximum Gasteiger partial charge on any atom is 0.243 e. The van der Waals surface area contributed by atoms with E-state index >= 15 is 0 Å². The molecule has 0 aromatic carbocycles. The van der Waals surface area contributed by atoms with E-state index < -0.39 is 0 Å². The largest absolute Gasteiger partial charge is 0.351 e. The fourth-order valence-electron chi connectivity index (χ4n) is 6.24. The van der Waals surface area contributed by atoms with Gasteiger partial charge in [-0.25, -0.2) is 0 Å². The third kappa shape index (κ3) is 4.40. The molecule has 1 aliphatic carbocycles. The SMILES string of the molecule is O=C(NCC1=CCCCC1)[C@H]1[C@H]2C[C@H](CN(CCn3cnnc3)C2)[C@@H]2CCCC(=O)N21. The fourth-order valence-corrected chi connectivity index (χ4v) is 6.24. The summed E-state index contributed by atoms with van der Waals surface area (Å²) >= 11 is 0. The van der Waals surface area contributed by atoms with Crippen LogP contribution in [0.4, 0.5) is 0 Å². The van der Waals surface area contributed by atoms with Crippen LogP contribution in [0.15, 0.2) is 24.3 Å². The van der Waals surface area contributed by atoms with Crippen molar-refractivity contribution in [1.82, 2.24) is 29.9 Å².